The number of benzene rings is 1. The van der Waals surface area contributed by atoms with Crippen molar-refractivity contribution in [1.29, 1.82) is 0 Å². The molecule has 3 aliphatic rings. The SMILES string of the molecule is Cc1cc2c(s1)Nc1ccc(CNC(=O)CCC(=O)ON3C(=O)CCC3=O)cc1N=C2N1CCN(C)CC1. The predicted molar refractivity (Wildman–Crippen MR) is 142 cm³/mol. The lowest BCUT2D eigenvalue weighted by atomic mass is 10.1. The van der Waals surface area contributed by atoms with Crippen molar-refractivity contribution in [2.45, 2.75) is 39.2 Å². The Morgan fingerprint density at radius 1 is 1.08 bits per heavy atom. The molecule has 0 aliphatic carbocycles. The largest absolute Gasteiger partial charge is 0.353 e. The number of hydrogen-bond acceptors (Lipinski definition) is 10. The van der Waals surface area contributed by atoms with Gasteiger partial charge < -0.3 is 25.3 Å². The molecule has 1 aromatic heterocycles. The topological polar surface area (TPSA) is 124 Å². The quantitative estimate of drug-likeness (QED) is 0.538. The van der Waals surface area contributed by atoms with Crippen molar-refractivity contribution in [3.05, 3.63) is 40.3 Å². The van der Waals surface area contributed by atoms with E-state index in [1.54, 1.807) is 11.3 Å². The van der Waals surface area contributed by atoms with Gasteiger partial charge in [-0.05, 0) is 37.7 Å². The number of nitrogens with one attached hydrogen (secondary N) is 2. The third kappa shape index (κ3) is 5.70. The molecule has 0 unspecified atom stereocenters. The minimum absolute atomic E-state index is 0.0255. The van der Waals surface area contributed by atoms with E-state index >= 15 is 0 Å². The van der Waals surface area contributed by atoms with Crippen LogP contribution in [-0.2, 0) is 30.6 Å². The second kappa shape index (κ2) is 10.9. The summed E-state index contributed by atoms with van der Waals surface area (Å²) in [5, 5.41) is 7.91. The van der Waals surface area contributed by atoms with Crippen LogP contribution in [0, 0.1) is 6.92 Å². The van der Waals surface area contributed by atoms with Crippen LogP contribution in [0.2, 0.25) is 0 Å². The van der Waals surface area contributed by atoms with Crippen LogP contribution in [0.1, 0.15) is 41.7 Å². The van der Waals surface area contributed by atoms with Crippen LogP contribution < -0.4 is 10.6 Å². The summed E-state index contributed by atoms with van der Waals surface area (Å²) in [4.78, 5) is 63.2. The molecule has 5 rings (SSSR count). The number of rotatable bonds is 6. The van der Waals surface area contributed by atoms with Crippen LogP contribution in [0.15, 0.2) is 29.3 Å². The molecule has 200 valence electrons. The molecule has 2 N–H and O–H groups in total. The van der Waals surface area contributed by atoms with Crippen LogP contribution in [-0.4, -0.2) is 77.6 Å². The fraction of sp³-hybridized carbons (Fsp3) is 0.423. The highest BCUT2D eigenvalue weighted by atomic mass is 32.1. The van der Waals surface area contributed by atoms with Gasteiger partial charge in [0.05, 0.1) is 23.4 Å². The third-order valence-electron chi connectivity index (χ3n) is 6.68. The Balaban J connectivity index is 1.22. The van der Waals surface area contributed by atoms with E-state index in [0.29, 0.717) is 5.06 Å². The average molecular weight is 539 g/mol. The number of hydrogen-bond donors (Lipinski definition) is 2. The molecule has 0 atom stereocenters. The number of carbonyl (C=O) groups excluding carboxylic acids is 4. The molecule has 0 bridgehead atoms. The Morgan fingerprint density at radius 2 is 1.82 bits per heavy atom. The predicted octanol–water partition coefficient (Wildman–Crippen LogP) is 2.44. The lowest BCUT2D eigenvalue weighted by Crippen LogP contribution is -2.47. The Hall–Kier alpha value is -3.77. The lowest BCUT2D eigenvalue weighted by molar-refractivity contribution is -0.197. The maximum Gasteiger partial charge on any atom is 0.333 e. The number of amidine groups is 1. The number of thiophene rings is 1. The van der Waals surface area contributed by atoms with Gasteiger partial charge in [0.15, 0.2) is 0 Å². The Kier molecular flexibility index (Phi) is 7.43. The summed E-state index contributed by atoms with van der Waals surface area (Å²) in [6.07, 6.45) is -0.306. The first-order valence-corrected chi connectivity index (χ1v) is 13.4. The number of nitrogens with zero attached hydrogens (tertiary/aromatic N) is 4. The van der Waals surface area contributed by atoms with Gasteiger partial charge >= 0.3 is 5.97 Å². The molecule has 0 radical (unpaired) electrons. The molecule has 4 heterocycles. The summed E-state index contributed by atoms with van der Waals surface area (Å²) in [5.41, 5.74) is 3.68. The van der Waals surface area contributed by atoms with Crippen molar-refractivity contribution in [2.75, 3.05) is 38.5 Å². The van der Waals surface area contributed by atoms with E-state index in [-0.39, 0.29) is 38.1 Å². The summed E-state index contributed by atoms with van der Waals surface area (Å²) >= 11 is 1.71. The molecule has 0 spiro atoms. The molecule has 11 nitrogen and oxygen atoms in total. The van der Waals surface area contributed by atoms with Gasteiger partial charge in [-0.3, -0.25) is 14.4 Å². The first-order valence-electron chi connectivity index (χ1n) is 12.6. The molecule has 1 aromatic carbocycles. The molecular weight excluding hydrogens is 508 g/mol. The van der Waals surface area contributed by atoms with E-state index in [9.17, 15) is 19.2 Å². The number of fused-ring (bicyclic) bond motifs is 2. The van der Waals surface area contributed by atoms with Crippen molar-refractivity contribution in [3.63, 3.8) is 0 Å². The summed E-state index contributed by atoms with van der Waals surface area (Å²) in [5.74, 6) is -1.27. The molecule has 2 saturated heterocycles. The maximum absolute atomic E-state index is 12.3. The van der Waals surface area contributed by atoms with E-state index in [0.717, 1.165) is 59.5 Å². The monoisotopic (exact) mass is 538 g/mol. The summed E-state index contributed by atoms with van der Waals surface area (Å²) < 4.78 is 0. The standard InChI is InChI=1S/C26H30N6O5S/c1-16-13-18-25(31-11-9-30(2)10-12-31)28-20-14-17(3-4-19(20)29-26(18)38-16)15-27-21(33)5-8-24(36)37-32-22(34)6-7-23(32)35/h3-4,13-14,29H,5-12,15H2,1-2H3,(H,27,33). The average Bonchev–Trinajstić information content (AvgIpc) is 3.37. The number of imide groups is 1. The van der Waals surface area contributed by atoms with E-state index < -0.39 is 17.8 Å². The van der Waals surface area contributed by atoms with Gasteiger partial charge in [-0.15, -0.1) is 16.4 Å². The fourth-order valence-corrected chi connectivity index (χ4v) is 5.44. The number of aliphatic imine (C=N–C) groups is 1. The summed E-state index contributed by atoms with van der Waals surface area (Å²) in [6, 6.07) is 8.04. The minimum Gasteiger partial charge on any atom is -0.353 e. The van der Waals surface area contributed by atoms with Crippen LogP contribution in [0.3, 0.4) is 0 Å². The molecule has 12 heteroatoms. The van der Waals surface area contributed by atoms with E-state index in [4.69, 9.17) is 9.83 Å². The molecule has 0 saturated carbocycles. The van der Waals surface area contributed by atoms with Crippen molar-refractivity contribution in [2.24, 2.45) is 4.99 Å². The van der Waals surface area contributed by atoms with Crippen LogP contribution in [0.4, 0.5) is 16.4 Å². The zero-order valence-electron chi connectivity index (χ0n) is 21.4. The van der Waals surface area contributed by atoms with Crippen LogP contribution in [0.5, 0.6) is 0 Å². The highest BCUT2D eigenvalue weighted by molar-refractivity contribution is 7.16. The highest BCUT2D eigenvalue weighted by Gasteiger charge is 2.33. The van der Waals surface area contributed by atoms with Gasteiger partial charge in [0.1, 0.15) is 10.8 Å². The van der Waals surface area contributed by atoms with Crippen molar-refractivity contribution in [1.82, 2.24) is 20.2 Å². The number of piperazine rings is 1. The Bertz CT molecular complexity index is 1300. The lowest BCUT2D eigenvalue weighted by Gasteiger charge is -2.34. The van der Waals surface area contributed by atoms with Crippen molar-refractivity contribution < 1.29 is 24.0 Å². The van der Waals surface area contributed by atoms with Crippen LogP contribution >= 0.6 is 11.3 Å². The fourth-order valence-electron chi connectivity index (χ4n) is 4.52. The summed E-state index contributed by atoms with van der Waals surface area (Å²) in [6.45, 7) is 6.11. The first-order chi connectivity index (χ1) is 18.3. The summed E-state index contributed by atoms with van der Waals surface area (Å²) in [7, 11) is 2.13. The number of aryl methyl sites for hydroxylation is 1. The molecule has 38 heavy (non-hydrogen) atoms. The molecular formula is C26H30N6O5S. The molecule has 2 aromatic rings. The van der Waals surface area contributed by atoms with Crippen molar-refractivity contribution >= 4 is 57.2 Å². The van der Waals surface area contributed by atoms with E-state index in [1.165, 1.54) is 4.88 Å². The van der Waals surface area contributed by atoms with Gasteiger partial charge in [0.2, 0.25) is 5.91 Å². The van der Waals surface area contributed by atoms with E-state index in [1.807, 2.05) is 18.2 Å². The van der Waals surface area contributed by atoms with Gasteiger partial charge in [-0.25, -0.2) is 9.79 Å². The van der Waals surface area contributed by atoms with Gasteiger partial charge in [0, 0.05) is 56.9 Å². The number of amides is 3. The second-order valence-corrected chi connectivity index (χ2v) is 10.9. The minimum atomic E-state index is -0.798. The second-order valence-electron chi connectivity index (χ2n) is 9.62. The maximum atomic E-state index is 12.3. The zero-order chi connectivity index (χ0) is 26.8. The molecule has 3 amide bonds. The number of likely N-dealkylation sites (N-methyl/N-ethyl adjacent to an activating group) is 1. The van der Waals surface area contributed by atoms with E-state index in [2.05, 4.69) is 40.5 Å². The van der Waals surface area contributed by atoms with Gasteiger partial charge in [-0.1, -0.05) is 6.07 Å². The van der Waals surface area contributed by atoms with Gasteiger partial charge in [0.25, 0.3) is 11.8 Å². The normalized spacial score (nSPS) is 17.4. The smallest absolute Gasteiger partial charge is 0.333 e. The zero-order valence-corrected chi connectivity index (χ0v) is 22.2. The first kappa shape index (κ1) is 25.9. The number of carbonyl (C=O) groups is 4. The van der Waals surface area contributed by atoms with Gasteiger partial charge in [-0.2, -0.15) is 0 Å². The molecule has 3 aliphatic heterocycles. The highest BCUT2D eigenvalue weighted by Crippen LogP contribution is 2.39. The molecule has 2 fully saturated rings. The number of anilines is 2. The number of hydroxylamine groups is 2. The third-order valence-corrected chi connectivity index (χ3v) is 7.65. The van der Waals surface area contributed by atoms with Crippen molar-refractivity contribution in [3.8, 4) is 0 Å². The Morgan fingerprint density at radius 3 is 2.55 bits per heavy atom. The van der Waals surface area contributed by atoms with Crippen LogP contribution in [0.25, 0.3) is 0 Å². The Labute approximate surface area is 224 Å².